The highest BCUT2D eigenvalue weighted by Gasteiger charge is 2.42. The van der Waals surface area contributed by atoms with Gasteiger partial charge in [0.05, 0.1) is 11.1 Å². The van der Waals surface area contributed by atoms with Gasteiger partial charge >= 0.3 is 0 Å². The fraction of sp³-hybridized carbons (Fsp3) is 0.316. The quantitative estimate of drug-likeness (QED) is 0.926. The summed E-state index contributed by atoms with van der Waals surface area (Å²) in [6.45, 7) is 3.23. The first kappa shape index (κ1) is 14.3. The Balaban J connectivity index is 1.49. The number of amides is 1. The van der Waals surface area contributed by atoms with Gasteiger partial charge in [-0.15, -0.1) is 0 Å². The van der Waals surface area contributed by atoms with E-state index < -0.39 is 0 Å². The molecule has 1 N–H and O–H groups in total. The van der Waals surface area contributed by atoms with Gasteiger partial charge in [-0.25, -0.2) is 0 Å². The van der Waals surface area contributed by atoms with E-state index in [0.717, 1.165) is 26.1 Å². The van der Waals surface area contributed by atoms with Gasteiger partial charge < -0.3 is 10.1 Å². The van der Waals surface area contributed by atoms with Crippen molar-refractivity contribution in [2.24, 2.45) is 0 Å². The van der Waals surface area contributed by atoms with Gasteiger partial charge in [0.25, 0.3) is 5.91 Å². The Kier molecular flexibility index (Phi) is 3.54. The fourth-order valence-corrected chi connectivity index (χ4v) is 3.49. The molecule has 1 unspecified atom stereocenters. The van der Waals surface area contributed by atoms with E-state index >= 15 is 0 Å². The number of benzene rings is 2. The Labute approximate surface area is 136 Å². The normalized spacial score (nSPS) is 23.9. The van der Waals surface area contributed by atoms with Crippen LogP contribution in [0.1, 0.15) is 22.3 Å². The van der Waals surface area contributed by atoms with E-state index in [-0.39, 0.29) is 11.4 Å². The van der Waals surface area contributed by atoms with Crippen LogP contribution in [0.15, 0.2) is 54.6 Å². The molecule has 118 valence electrons. The Morgan fingerprint density at radius 1 is 1.09 bits per heavy atom. The maximum absolute atomic E-state index is 12.5. The van der Waals surface area contributed by atoms with Crippen LogP contribution in [-0.2, 0) is 6.54 Å². The number of nitrogens with zero attached hydrogens (tertiary/aromatic N) is 1. The molecule has 2 heterocycles. The molecule has 1 atom stereocenters. The van der Waals surface area contributed by atoms with Crippen LogP contribution in [0.2, 0.25) is 0 Å². The first-order chi connectivity index (χ1) is 11.2. The number of nitrogens with one attached hydrogen (secondary N) is 1. The molecule has 4 rings (SSSR count). The van der Waals surface area contributed by atoms with Crippen LogP contribution < -0.4 is 10.1 Å². The Hall–Kier alpha value is -2.33. The smallest absolute Gasteiger partial charge is 0.255 e. The minimum Gasteiger partial charge on any atom is -0.490 e. The maximum Gasteiger partial charge on any atom is 0.255 e. The predicted molar refractivity (Wildman–Crippen MR) is 88.5 cm³/mol. The summed E-state index contributed by atoms with van der Waals surface area (Å²) in [6, 6.07) is 17.9. The molecule has 2 aromatic carbocycles. The third kappa shape index (κ3) is 2.82. The van der Waals surface area contributed by atoms with Crippen LogP contribution in [-0.4, -0.2) is 36.0 Å². The van der Waals surface area contributed by atoms with Crippen LogP contribution in [0.3, 0.4) is 0 Å². The molecule has 0 aliphatic carbocycles. The van der Waals surface area contributed by atoms with Gasteiger partial charge in [0.15, 0.2) is 0 Å². The van der Waals surface area contributed by atoms with Crippen LogP contribution in [0.5, 0.6) is 5.75 Å². The lowest BCUT2D eigenvalue weighted by molar-refractivity contribution is 0.0888. The average Bonchev–Trinajstić information content (AvgIpc) is 2.90. The summed E-state index contributed by atoms with van der Waals surface area (Å²) in [6.07, 6.45) is 0.916. The molecule has 1 amide bonds. The van der Waals surface area contributed by atoms with E-state index in [9.17, 15) is 4.79 Å². The highest BCUT2D eigenvalue weighted by Crippen LogP contribution is 2.29. The van der Waals surface area contributed by atoms with Crippen molar-refractivity contribution in [2.75, 3.05) is 19.7 Å². The number of hydrogen-bond donors (Lipinski definition) is 1. The maximum atomic E-state index is 12.5. The van der Waals surface area contributed by atoms with Gasteiger partial charge in [-0.05, 0) is 24.1 Å². The Bertz CT molecular complexity index is 716. The number of ether oxygens (including phenoxy) is 1. The van der Waals surface area contributed by atoms with Crippen molar-refractivity contribution in [1.82, 2.24) is 10.2 Å². The topological polar surface area (TPSA) is 41.6 Å². The van der Waals surface area contributed by atoms with Crippen LogP contribution in [0, 0.1) is 0 Å². The molecule has 0 saturated carbocycles. The zero-order chi connectivity index (χ0) is 15.7. The van der Waals surface area contributed by atoms with Crippen molar-refractivity contribution >= 4 is 5.91 Å². The minimum absolute atomic E-state index is 0.0281. The zero-order valence-electron chi connectivity index (χ0n) is 13.0. The van der Waals surface area contributed by atoms with Crippen LogP contribution >= 0.6 is 0 Å². The number of rotatable bonds is 2. The highest BCUT2D eigenvalue weighted by atomic mass is 16.5. The summed E-state index contributed by atoms with van der Waals surface area (Å²) in [7, 11) is 0. The average molecular weight is 308 g/mol. The van der Waals surface area contributed by atoms with E-state index in [1.807, 2.05) is 30.3 Å². The van der Waals surface area contributed by atoms with Gasteiger partial charge in [0.1, 0.15) is 12.4 Å². The third-order valence-corrected chi connectivity index (χ3v) is 4.70. The van der Waals surface area contributed by atoms with E-state index in [1.54, 1.807) is 0 Å². The SMILES string of the molecule is O=C1NC2(CCN(Cc3ccccc3)C2)COc2ccccc21. The molecule has 23 heavy (non-hydrogen) atoms. The van der Waals surface area contributed by atoms with Crippen molar-refractivity contribution in [3.8, 4) is 5.75 Å². The molecule has 1 fully saturated rings. The first-order valence-corrected chi connectivity index (χ1v) is 8.05. The van der Waals surface area contributed by atoms with Crippen molar-refractivity contribution in [1.29, 1.82) is 0 Å². The van der Waals surface area contributed by atoms with Crippen LogP contribution in [0.4, 0.5) is 0 Å². The molecule has 2 aliphatic rings. The van der Waals surface area contributed by atoms with Crippen molar-refractivity contribution < 1.29 is 9.53 Å². The number of fused-ring (bicyclic) bond motifs is 1. The van der Waals surface area contributed by atoms with Gasteiger partial charge in [-0.1, -0.05) is 42.5 Å². The molecular formula is C19H20N2O2. The Morgan fingerprint density at radius 3 is 2.74 bits per heavy atom. The largest absolute Gasteiger partial charge is 0.490 e. The van der Waals surface area contributed by atoms with E-state index in [2.05, 4.69) is 34.5 Å². The minimum atomic E-state index is -0.287. The molecule has 2 aliphatic heterocycles. The number of para-hydroxylation sites is 1. The fourth-order valence-electron chi connectivity index (χ4n) is 3.49. The summed E-state index contributed by atoms with van der Waals surface area (Å²) in [5.41, 5.74) is 1.64. The summed E-state index contributed by atoms with van der Waals surface area (Å²) in [4.78, 5) is 14.9. The number of hydrogen-bond acceptors (Lipinski definition) is 3. The second kappa shape index (κ2) is 5.70. The first-order valence-electron chi connectivity index (χ1n) is 8.05. The van der Waals surface area contributed by atoms with Gasteiger partial charge in [0, 0.05) is 19.6 Å². The predicted octanol–water partition coefficient (Wildman–Crippen LogP) is 2.45. The molecule has 0 radical (unpaired) electrons. The second-order valence-electron chi connectivity index (χ2n) is 6.47. The molecule has 1 saturated heterocycles. The summed E-state index contributed by atoms with van der Waals surface area (Å²) in [5, 5.41) is 3.22. The van der Waals surface area contributed by atoms with E-state index in [0.29, 0.717) is 17.9 Å². The molecule has 4 heteroatoms. The summed E-state index contributed by atoms with van der Waals surface area (Å²) < 4.78 is 5.95. The number of carbonyl (C=O) groups is 1. The standard InChI is InChI=1S/C19H20N2O2/c22-18-16-8-4-5-9-17(16)23-14-19(20-18)10-11-21(13-19)12-15-6-2-1-3-7-15/h1-9H,10-14H2,(H,20,22). The van der Waals surface area contributed by atoms with E-state index in [4.69, 9.17) is 4.74 Å². The van der Waals surface area contributed by atoms with Crippen molar-refractivity contribution in [3.05, 3.63) is 65.7 Å². The molecule has 2 aromatic rings. The van der Waals surface area contributed by atoms with Gasteiger partial charge in [-0.2, -0.15) is 0 Å². The van der Waals surface area contributed by atoms with Gasteiger partial charge in [-0.3, -0.25) is 9.69 Å². The zero-order valence-corrected chi connectivity index (χ0v) is 13.0. The lowest BCUT2D eigenvalue weighted by Gasteiger charge is -2.28. The van der Waals surface area contributed by atoms with E-state index in [1.165, 1.54) is 5.56 Å². The van der Waals surface area contributed by atoms with Crippen molar-refractivity contribution in [2.45, 2.75) is 18.5 Å². The van der Waals surface area contributed by atoms with Gasteiger partial charge in [0.2, 0.25) is 0 Å². The Morgan fingerprint density at radius 2 is 1.87 bits per heavy atom. The molecule has 1 spiro atoms. The second-order valence-corrected chi connectivity index (χ2v) is 6.47. The molecule has 0 aromatic heterocycles. The molecule has 4 nitrogen and oxygen atoms in total. The molecular weight excluding hydrogens is 288 g/mol. The summed E-state index contributed by atoms with van der Waals surface area (Å²) in [5.74, 6) is 0.656. The lowest BCUT2D eigenvalue weighted by atomic mass is 9.99. The van der Waals surface area contributed by atoms with Crippen molar-refractivity contribution in [3.63, 3.8) is 0 Å². The lowest BCUT2D eigenvalue weighted by Crippen LogP contribution is -2.53. The van der Waals surface area contributed by atoms with Crippen LogP contribution in [0.25, 0.3) is 0 Å². The number of likely N-dealkylation sites (tertiary alicyclic amines) is 1. The monoisotopic (exact) mass is 308 g/mol. The third-order valence-electron chi connectivity index (χ3n) is 4.70. The summed E-state index contributed by atoms with van der Waals surface area (Å²) >= 11 is 0. The highest BCUT2D eigenvalue weighted by molar-refractivity contribution is 5.97. The molecule has 0 bridgehead atoms. The number of carbonyl (C=O) groups excluding carboxylic acids is 1.